The zero-order chi connectivity index (χ0) is 10.6. The SMILES string of the molecule is N#Cc1cccc(C(=O)CC(N)=O)c1. The van der Waals surface area contributed by atoms with Gasteiger partial charge in [-0.2, -0.15) is 5.26 Å². The second-order valence-corrected chi connectivity index (χ2v) is 2.76. The van der Waals surface area contributed by atoms with Crippen LogP contribution in [0.3, 0.4) is 0 Å². The van der Waals surface area contributed by atoms with Crippen molar-refractivity contribution in [3.05, 3.63) is 35.4 Å². The minimum absolute atomic E-state index is 0.325. The van der Waals surface area contributed by atoms with Crippen molar-refractivity contribution >= 4 is 11.7 Å². The first kappa shape index (κ1) is 9.93. The lowest BCUT2D eigenvalue weighted by atomic mass is 10.1. The molecule has 1 amide bonds. The molecule has 0 bridgehead atoms. The maximum absolute atomic E-state index is 11.3. The molecular formula is C10H8N2O2. The molecule has 0 aliphatic carbocycles. The number of nitrogens with zero attached hydrogens (tertiary/aromatic N) is 1. The number of Topliss-reactive ketones (excluding diaryl/α,β-unsaturated/α-hetero) is 1. The van der Waals surface area contributed by atoms with Crippen molar-refractivity contribution in [1.82, 2.24) is 0 Å². The summed E-state index contributed by atoms with van der Waals surface area (Å²) in [5, 5.41) is 8.57. The number of amides is 1. The lowest BCUT2D eigenvalue weighted by Crippen LogP contribution is -2.16. The highest BCUT2D eigenvalue weighted by Gasteiger charge is 2.09. The molecule has 0 saturated carbocycles. The number of hydrogen-bond acceptors (Lipinski definition) is 3. The molecule has 0 radical (unpaired) electrons. The maximum atomic E-state index is 11.3. The molecule has 0 unspecified atom stereocenters. The van der Waals surface area contributed by atoms with Crippen LogP contribution in [0.2, 0.25) is 0 Å². The summed E-state index contributed by atoms with van der Waals surface area (Å²) in [5.74, 6) is -1.04. The predicted molar refractivity (Wildman–Crippen MR) is 49.3 cm³/mol. The van der Waals surface area contributed by atoms with Gasteiger partial charge >= 0.3 is 0 Å². The minimum atomic E-state index is -0.669. The fraction of sp³-hybridized carbons (Fsp3) is 0.100. The summed E-state index contributed by atoms with van der Waals surface area (Å²) >= 11 is 0. The van der Waals surface area contributed by atoms with E-state index < -0.39 is 5.91 Å². The molecule has 0 heterocycles. The van der Waals surface area contributed by atoms with Crippen LogP contribution in [0.1, 0.15) is 22.3 Å². The summed E-state index contributed by atoms with van der Waals surface area (Å²) in [7, 11) is 0. The van der Waals surface area contributed by atoms with Gasteiger partial charge in [-0.25, -0.2) is 0 Å². The van der Waals surface area contributed by atoms with Crippen LogP contribution >= 0.6 is 0 Å². The van der Waals surface area contributed by atoms with Crippen molar-refractivity contribution in [2.24, 2.45) is 5.73 Å². The van der Waals surface area contributed by atoms with Crippen LogP contribution in [0, 0.1) is 11.3 Å². The van der Waals surface area contributed by atoms with E-state index in [9.17, 15) is 9.59 Å². The third-order valence-corrected chi connectivity index (χ3v) is 1.65. The van der Waals surface area contributed by atoms with Crippen LogP contribution in [0.15, 0.2) is 24.3 Å². The monoisotopic (exact) mass is 188 g/mol. The third kappa shape index (κ3) is 2.42. The van der Waals surface area contributed by atoms with Crippen molar-refractivity contribution in [1.29, 1.82) is 5.26 Å². The van der Waals surface area contributed by atoms with E-state index >= 15 is 0 Å². The lowest BCUT2D eigenvalue weighted by Gasteiger charge is -1.97. The van der Waals surface area contributed by atoms with Crippen molar-refractivity contribution in [2.45, 2.75) is 6.42 Å². The molecule has 0 saturated heterocycles. The first-order valence-corrected chi connectivity index (χ1v) is 3.95. The average Bonchev–Trinajstić information content (AvgIpc) is 2.17. The number of nitriles is 1. The van der Waals surface area contributed by atoms with E-state index in [1.807, 2.05) is 6.07 Å². The highest BCUT2D eigenvalue weighted by atomic mass is 16.2. The second-order valence-electron chi connectivity index (χ2n) is 2.76. The van der Waals surface area contributed by atoms with E-state index in [2.05, 4.69) is 0 Å². The summed E-state index contributed by atoms with van der Waals surface area (Å²) in [6, 6.07) is 8.07. The van der Waals surface area contributed by atoms with Crippen molar-refractivity contribution in [2.75, 3.05) is 0 Å². The van der Waals surface area contributed by atoms with E-state index in [4.69, 9.17) is 11.0 Å². The number of carbonyl (C=O) groups excluding carboxylic acids is 2. The van der Waals surface area contributed by atoms with Crippen LogP contribution < -0.4 is 5.73 Å². The highest BCUT2D eigenvalue weighted by Crippen LogP contribution is 2.06. The fourth-order valence-corrected chi connectivity index (χ4v) is 1.02. The smallest absolute Gasteiger partial charge is 0.225 e. The van der Waals surface area contributed by atoms with Gasteiger partial charge in [0, 0.05) is 5.56 Å². The number of benzene rings is 1. The molecule has 0 aromatic heterocycles. The van der Waals surface area contributed by atoms with Gasteiger partial charge in [-0.15, -0.1) is 0 Å². The minimum Gasteiger partial charge on any atom is -0.369 e. The van der Waals surface area contributed by atoms with Crippen LogP contribution in [-0.2, 0) is 4.79 Å². The van der Waals surface area contributed by atoms with Gasteiger partial charge < -0.3 is 5.73 Å². The van der Waals surface area contributed by atoms with Crippen molar-refractivity contribution < 1.29 is 9.59 Å². The second kappa shape index (κ2) is 4.19. The molecule has 0 atom stereocenters. The Morgan fingerprint density at radius 3 is 2.71 bits per heavy atom. The van der Waals surface area contributed by atoms with Gasteiger partial charge in [0.25, 0.3) is 0 Å². The number of rotatable bonds is 3. The predicted octanol–water partition coefficient (Wildman–Crippen LogP) is 0.616. The summed E-state index contributed by atoms with van der Waals surface area (Å²) < 4.78 is 0. The molecule has 14 heavy (non-hydrogen) atoms. The average molecular weight is 188 g/mol. The molecule has 1 aromatic carbocycles. The zero-order valence-electron chi connectivity index (χ0n) is 7.36. The van der Waals surface area contributed by atoms with Crippen molar-refractivity contribution in [3.8, 4) is 6.07 Å². The van der Waals surface area contributed by atoms with Gasteiger partial charge in [0.2, 0.25) is 5.91 Å². The van der Waals surface area contributed by atoms with Crippen LogP contribution in [-0.4, -0.2) is 11.7 Å². The van der Waals surface area contributed by atoms with E-state index in [-0.39, 0.29) is 12.2 Å². The third-order valence-electron chi connectivity index (χ3n) is 1.65. The number of ketones is 1. The normalized spacial score (nSPS) is 9.07. The number of nitrogens with two attached hydrogens (primary N) is 1. The van der Waals surface area contributed by atoms with Gasteiger partial charge in [-0.3, -0.25) is 9.59 Å². The van der Waals surface area contributed by atoms with Gasteiger partial charge in [0.1, 0.15) is 0 Å². The van der Waals surface area contributed by atoms with Gasteiger partial charge in [0.05, 0.1) is 18.1 Å². The molecule has 70 valence electrons. The zero-order valence-corrected chi connectivity index (χ0v) is 7.36. The first-order chi connectivity index (χ1) is 6.63. The molecule has 1 aromatic rings. The number of carbonyl (C=O) groups is 2. The Morgan fingerprint density at radius 2 is 2.14 bits per heavy atom. The van der Waals surface area contributed by atoms with Crippen LogP contribution in [0.4, 0.5) is 0 Å². The Bertz CT molecular complexity index is 418. The van der Waals surface area contributed by atoms with Gasteiger partial charge in [0.15, 0.2) is 5.78 Å². The highest BCUT2D eigenvalue weighted by molar-refractivity contribution is 6.07. The quantitative estimate of drug-likeness (QED) is 0.557. The van der Waals surface area contributed by atoms with Crippen molar-refractivity contribution in [3.63, 3.8) is 0 Å². The topological polar surface area (TPSA) is 83.9 Å². The maximum Gasteiger partial charge on any atom is 0.225 e. The molecule has 0 fully saturated rings. The molecule has 0 spiro atoms. The van der Waals surface area contributed by atoms with Gasteiger partial charge in [-0.05, 0) is 12.1 Å². The fourth-order valence-electron chi connectivity index (χ4n) is 1.02. The van der Waals surface area contributed by atoms with Gasteiger partial charge in [-0.1, -0.05) is 12.1 Å². The Morgan fingerprint density at radius 1 is 1.43 bits per heavy atom. The van der Waals surface area contributed by atoms with E-state index in [0.29, 0.717) is 11.1 Å². The standard InChI is InChI=1S/C10H8N2O2/c11-6-7-2-1-3-8(4-7)9(13)5-10(12)14/h1-4H,5H2,(H2,12,14). The first-order valence-electron chi connectivity index (χ1n) is 3.95. The van der Waals surface area contributed by atoms with E-state index in [1.54, 1.807) is 18.2 Å². The summed E-state index contributed by atoms with van der Waals surface area (Å²) in [6.07, 6.45) is -0.325. The Balaban J connectivity index is 2.91. The van der Waals surface area contributed by atoms with E-state index in [1.165, 1.54) is 6.07 Å². The summed E-state index contributed by atoms with van der Waals surface area (Å²) in [5.41, 5.74) is 5.60. The molecule has 2 N–H and O–H groups in total. The largest absolute Gasteiger partial charge is 0.369 e. The lowest BCUT2D eigenvalue weighted by molar-refractivity contribution is -0.117. The summed E-state index contributed by atoms with van der Waals surface area (Å²) in [4.78, 5) is 21.8. The number of primary amides is 1. The number of hydrogen-bond donors (Lipinski definition) is 1. The molecule has 0 aliphatic heterocycles. The van der Waals surface area contributed by atoms with E-state index in [0.717, 1.165) is 0 Å². The molecule has 4 nitrogen and oxygen atoms in total. The summed E-state index contributed by atoms with van der Waals surface area (Å²) in [6.45, 7) is 0. The molecule has 4 heteroatoms. The Hall–Kier alpha value is -2.15. The molecule has 1 rings (SSSR count). The molecule has 0 aliphatic rings. The van der Waals surface area contributed by atoms with Crippen LogP contribution in [0.25, 0.3) is 0 Å². The Labute approximate surface area is 80.9 Å². The molecular weight excluding hydrogens is 180 g/mol. The Kier molecular flexibility index (Phi) is 2.97. The van der Waals surface area contributed by atoms with Crippen LogP contribution in [0.5, 0.6) is 0 Å².